The second kappa shape index (κ2) is 11.3. The van der Waals surface area contributed by atoms with Crippen molar-refractivity contribution in [2.24, 2.45) is 28.4 Å². The van der Waals surface area contributed by atoms with Crippen LogP contribution in [0.3, 0.4) is 0 Å². The number of ether oxygens (including phenoxy) is 2. The van der Waals surface area contributed by atoms with Crippen molar-refractivity contribution in [2.75, 3.05) is 19.8 Å². The number of carbonyl (C=O) groups is 4. The number of amides is 2. The van der Waals surface area contributed by atoms with Crippen LogP contribution in [-0.2, 0) is 28.7 Å². The van der Waals surface area contributed by atoms with Crippen LogP contribution in [-0.4, -0.2) is 43.5 Å². The zero-order valence-corrected chi connectivity index (χ0v) is 20.0. The van der Waals surface area contributed by atoms with Gasteiger partial charge in [0.15, 0.2) is 0 Å². The Hall–Kier alpha value is -2.64. The lowest BCUT2D eigenvalue weighted by molar-refractivity contribution is -0.143. The number of hydrogen-bond donors (Lipinski definition) is 2. The number of hydrogen-bond acceptors (Lipinski definition) is 6. The quantitative estimate of drug-likeness (QED) is 0.283. The molecule has 0 aliphatic heterocycles. The zero-order valence-electron chi connectivity index (χ0n) is 20.0. The van der Waals surface area contributed by atoms with E-state index in [2.05, 4.69) is 32.3 Å². The molecule has 1 saturated carbocycles. The summed E-state index contributed by atoms with van der Waals surface area (Å²) in [5.74, 6) is -2.49. The molecule has 0 saturated heterocycles. The summed E-state index contributed by atoms with van der Waals surface area (Å²) in [6.07, 6.45) is 2.14. The van der Waals surface area contributed by atoms with Crippen molar-refractivity contribution in [3.8, 4) is 0 Å². The highest BCUT2D eigenvalue weighted by Gasteiger charge is 2.49. The molecular formula is C24H38N2O6. The summed E-state index contributed by atoms with van der Waals surface area (Å²) >= 11 is 0. The third-order valence-corrected chi connectivity index (χ3v) is 5.92. The Kier molecular flexibility index (Phi) is 9.67. The Morgan fingerprint density at radius 1 is 1.00 bits per heavy atom. The van der Waals surface area contributed by atoms with Crippen molar-refractivity contribution >= 4 is 23.8 Å². The fraction of sp³-hybridized carbons (Fsp3) is 0.667. The molecule has 32 heavy (non-hydrogen) atoms. The van der Waals surface area contributed by atoms with Crippen LogP contribution < -0.4 is 11.1 Å². The van der Waals surface area contributed by atoms with Gasteiger partial charge in [0, 0.05) is 23.0 Å². The largest absolute Gasteiger partial charge is 0.462 e. The predicted octanol–water partition coefficient (Wildman–Crippen LogP) is 2.67. The summed E-state index contributed by atoms with van der Waals surface area (Å²) in [5.41, 5.74) is 5.60. The maximum Gasteiger partial charge on any atom is 0.333 e. The van der Waals surface area contributed by atoms with Gasteiger partial charge in [0.1, 0.15) is 6.61 Å². The second-order valence-corrected chi connectivity index (χ2v) is 9.97. The topological polar surface area (TPSA) is 125 Å². The van der Waals surface area contributed by atoms with Crippen LogP contribution in [0.15, 0.2) is 24.3 Å². The highest BCUT2D eigenvalue weighted by atomic mass is 16.5. The Morgan fingerprint density at radius 3 is 2.03 bits per heavy atom. The van der Waals surface area contributed by atoms with Crippen molar-refractivity contribution < 1.29 is 28.7 Å². The van der Waals surface area contributed by atoms with E-state index in [-0.39, 0.29) is 49.0 Å². The van der Waals surface area contributed by atoms with E-state index in [9.17, 15) is 19.2 Å². The maximum atomic E-state index is 12.9. The molecular weight excluding hydrogens is 412 g/mol. The van der Waals surface area contributed by atoms with E-state index in [1.165, 1.54) is 0 Å². The summed E-state index contributed by atoms with van der Waals surface area (Å²) < 4.78 is 10.2. The van der Waals surface area contributed by atoms with E-state index in [4.69, 9.17) is 15.2 Å². The van der Waals surface area contributed by atoms with Crippen molar-refractivity contribution in [3.05, 3.63) is 24.3 Å². The van der Waals surface area contributed by atoms with E-state index in [1.807, 2.05) is 6.92 Å². The van der Waals surface area contributed by atoms with Gasteiger partial charge in [-0.1, -0.05) is 33.9 Å². The molecule has 1 fully saturated rings. The third kappa shape index (κ3) is 8.13. The van der Waals surface area contributed by atoms with Gasteiger partial charge in [0.2, 0.25) is 11.8 Å². The first-order valence-electron chi connectivity index (χ1n) is 10.9. The van der Waals surface area contributed by atoms with Gasteiger partial charge >= 0.3 is 11.9 Å². The molecule has 8 heteroatoms. The monoisotopic (exact) mass is 450 g/mol. The molecule has 0 heterocycles. The molecule has 0 aromatic carbocycles. The van der Waals surface area contributed by atoms with Gasteiger partial charge in [-0.3, -0.25) is 9.59 Å². The van der Waals surface area contributed by atoms with Crippen molar-refractivity contribution in [2.45, 2.75) is 60.3 Å². The molecule has 1 rings (SSSR count). The lowest BCUT2D eigenvalue weighted by Crippen LogP contribution is -2.49. The average molecular weight is 451 g/mol. The van der Waals surface area contributed by atoms with Crippen molar-refractivity contribution in [1.29, 1.82) is 0 Å². The normalized spacial score (nSPS) is 22.8. The van der Waals surface area contributed by atoms with E-state index >= 15 is 0 Å². The summed E-state index contributed by atoms with van der Waals surface area (Å²) in [6.45, 7) is 16.6. The molecule has 3 N–H and O–H groups in total. The highest BCUT2D eigenvalue weighted by molar-refractivity contribution is 5.87. The number of primary amides is 1. The minimum absolute atomic E-state index is 0.0558. The Labute approximate surface area is 191 Å². The van der Waals surface area contributed by atoms with Crippen molar-refractivity contribution in [3.63, 3.8) is 0 Å². The number of carbonyl (C=O) groups excluding carboxylic acids is 4. The van der Waals surface area contributed by atoms with Crippen LogP contribution in [0.2, 0.25) is 0 Å². The average Bonchev–Trinajstić information content (AvgIpc) is 2.65. The molecule has 0 spiro atoms. The van der Waals surface area contributed by atoms with E-state index in [1.54, 1.807) is 13.8 Å². The zero-order chi connectivity index (χ0) is 24.7. The second-order valence-electron chi connectivity index (χ2n) is 9.97. The van der Waals surface area contributed by atoms with Crippen LogP contribution in [0.5, 0.6) is 0 Å². The molecule has 2 amide bonds. The van der Waals surface area contributed by atoms with Gasteiger partial charge < -0.3 is 20.5 Å². The highest BCUT2D eigenvalue weighted by Crippen LogP contribution is 2.53. The first-order valence-corrected chi connectivity index (χ1v) is 10.9. The van der Waals surface area contributed by atoms with E-state index < -0.39 is 29.2 Å². The standard InChI is InChI=1S/C24H38N2O6/c1-15(2)21(29)31-10-8-18(19(25)27)24(7)13-17(12-23(5,6)14-24)20(28)26-9-11-32-22(30)16(3)4/h17-18H,1,3,8-14H2,2,4-7H3,(H2,25,27)(H,26,28). The Balaban J connectivity index is 2.82. The molecule has 8 nitrogen and oxygen atoms in total. The Morgan fingerprint density at radius 2 is 1.53 bits per heavy atom. The summed E-state index contributed by atoms with van der Waals surface area (Å²) in [6, 6.07) is 0. The van der Waals surface area contributed by atoms with Crippen molar-refractivity contribution in [1.82, 2.24) is 5.32 Å². The molecule has 1 aliphatic rings. The van der Waals surface area contributed by atoms with Gasteiger partial charge in [-0.25, -0.2) is 9.59 Å². The molecule has 0 bridgehead atoms. The van der Waals surface area contributed by atoms with E-state index in [0.717, 1.165) is 0 Å². The van der Waals surface area contributed by atoms with Gasteiger partial charge in [-0.2, -0.15) is 0 Å². The molecule has 3 unspecified atom stereocenters. The van der Waals surface area contributed by atoms with Crippen LogP contribution in [0.25, 0.3) is 0 Å². The number of nitrogens with one attached hydrogen (secondary N) is 1. The van der Waals surface area contributed by atoms with Crippen LogP contribution in [0.1, 0.15) is 60.3 Å². The van der Waals surface area contributed by atoms with Gasteiger partial charge in [-0.05, 0) is 50.4 Å². The fourth-order valence-corrected chi connectivity index (χ4v) is 4.80. The summed E-state index contributed by atoms with van der Waals surface area (Å²) in [7, 11) is 0. The van der Waals surface area contributed by atoms with Gasteiger partial charge in [0.05, 0.1) is 13.2 Å². The molecule has 0 aromatic heterocycles. The number of esters is 2. The number of rotatable bonds is 11. The predicted molar refractivity (Wildman–Crippen MR) is 121 cm³/mol. The lowest BCUT2D eigenvalue weighted by Gasteiger charge is -2.49. The summed E-state index contributed by atoms with van der Waals surface area (Å²) in [5, 5.41) is 2.82. The first-order chi connectivity index (χ1) is 14.7. The van der Waals surface area contributed by atoms with E-state index in [0.29, 0.717) is 24.8 Å². The van der Waals surface area contributed by atoms with Crippen LogP contribution >= 0.6 is 0 Å². The SMILES string of the molecule is C=C(C)C(=O)OCCNC(=O)C1CC(C)(C)CC(C)(C(CCOC(=O)C(=C)C)C(N)=O)C1. The molecule has 0 aromatic rings. The Bertz CT molecular complexity index is 772. The molecule has 0 radical (unpaired) electrons. The van der Waals surface area contributed by atoms with Crippen LogP contribution in [0, 0.1) is 22.7 Å². The first kappa shape index (κ1) is 27.4. The van der Waals surface area contributed by atoms with Crippen LogP contribution in [0.4, 0.5) is 0 Å². The minimum atomic E-state index is -0.549. The maximum absolute atomic E-state index is 12.9. The smallest absolute Gasteiger partial charge is 0.333 e. The van der Waals surface area contributed by atoms with Gasteiger partial charge in [-0.15, -0.1) is 0 Å². The molecule has 1 aliphatic carbocycles. The van der Waals surface area contributed by atoms with Gasteiger partial charge in [0.25, 0.3) is 0 Å². The third-order valence-electron chi connectivity index (χ3n) is 5.92. The number of nitrogens with two attached hydrogens (primary N) is 1. The minimum Gasteiger partial charge on any atom is -0.462 e. The molecule has 3 atom stereocenters. The lowest BCUT2D eigenvalue weighted by atomic mass is 9.55. The fourth-order valence-electron chi connectivity index (χ4n) is 4.80. The molecule has 180 valence electrons. The summed E-state index contributed by atoms with van der Waals surface area (Å²) in [4.78, 5) is 48.3.